The lowest BCUT2D eigenvalue weighted by Gasteiger charge is -2.28. The summed E-state index contributed by atoms with van der Waals surface area (Å²) in [5.41, 5.74) is 8.15. The summed E-state index contributed by atoms with van der Waals surface area (Å²) < 4.78 is 16.9. The van der Waals surface area contributed by atoms with Crippen molar-refractivity contribution in [2.24, 2.45) is 5.73 Å². The van der Waals surface area contributed by atoms with Gasteiger partial charge in [0, 0.05) is 17.9 Å². The van der Waals surface area contributed by atoms with Gasteiger partial charge in [-0.25, -0.2) is 0 Å². The highest BCUT2D eigenvalue weighted by Crippen LogP contribution is 2.43. The number of hydrogen-bond donors (Lipinski definition) is 2. The van der Waals surface area contributed by atoms with Gasteiger partial charge in [0.15, 0.2) is 17.7 Å². The Bertz CT molecular complexity index is 827. The zero-order chi connectivity index (χ0) is 20.8. The summed E-state index contributed by atoms with van der Waals surface area (Å²) in [5.74, 6) is 0.838. The van der Waals surface area contributed by atoms with Gasteiger partial charge in [-0.05, 0) is 43.5 Å². The van der Waals surface area contributed by atoms with Gasteiger partial charge < -0.3 is 25.1 Å². The summed E-state index contributed by atoms with van der Waals surface area (Å²) in [4.78, 5) is 14.8. The molecule has 2 unspecified atom stereocenters. The first-order valence-corrected chi connectivity index (χ1v) is 9.77. The molecule has 0 aliphatic carbocycles. The Hall–Kier alpha value is -2.61. The molecule has 7 nitrogen and oxygen atoms in total. The van der Waals surface area contributed by atoms with E-state index in [1.54, 1.807) is 24.1 Å². The van der Waals surface area contributed by atoms with Crippen LogP contribution in [0.15, 0.2) is 42.5 Å². The lowest BCUT2D eigenvalue weighted by molar-refractivity contribution is -0.0114. The fourth-order valence-electron chi connectivity index (χ4n) is 3.50. The Morgan fingerprint density at radius 3 is 2.41 bits per heavy atom. The molecule has 1 aliphatic heterocycles. The molecule has 0 bridgehead atoms. The fraction of sp³-hybridized carbons (Fsp3) is 0.409. The number of carbonyl (C=O) groups excluding carboxylic acids is 1. The van der Waals surface area contributed by atoms with E-state index >= 15 is 0 Å². The molecule has 156 valence electrons. The molecule has 1 aliphatic rings. The normalized spacial score (nSPS) is 16.6. The SMILES string of the molecule is COc1cc2c(cc1OC)C(OC(N)CCCCCO)N(c1ccccc1)C2=O. The Balaban J connectivity index is 1.92. The molecule has 3 N–H and O–H groups in total. The number of nitrogens with zero attached hydrogens (tertiary/aromatic N) is 1. The summed E-state index contributed by atoms with van der Waals surface area (Å²) in [6.45, 7) is 0.171. The molecule has 29 heavy (non-hydrogen) atoms. The monoisotopic (exact) mass is 400 g/mol. The van der Waals surface area contributed by atoms with E-state index in [1.165, 1.54) is 7.11 Å². The summed E-state index contributed by atoms with van der Waals surface area (Å²) in [6, 6.07) is 12.8. The van der Waals surface area contributed by atoms with Crippen LogP contribution < -0.4 is 20.1 Å². The predicted molar refractivity (Wildman–Crippen MR) is 110 cm³/mol. The van der Waals surface area contributed by atoms with E-state index in [4.69, 9.17) is 25.1 Å². The van der Waals surface area contributed by atoms with Crippen molar-refractivity contribution in [2.45, 2.75) is 38.1 Å². The number of amides is 1. The average molecular weight is 400 g/mol. The standard InChI is InChI=1S/C22H28N2O5/c1-27-18-13-16-17(14-19(18)28-2)22(29-20(23)11-7-4-8-12-25)24(21(16)26)15-9-5-3-6-10-15/h3,5-6,9-10,13-14,20,22,25H,4,7-8,11-12,23H2,1-2H3. The molecule has 3 rings (SSSR count). The zero-order valence-corrected chi connectivity index (χ0v) is 16.8. The minimum Gasteiger partial charge on any atom is -0.493 e. The van der Waals surface area contributed by atoms with E-state index in [2.05, 4.69) is 0 Å². The highest BCUT2D eigenvalue weighted by atomic mass is 16.5. The third kappa shape index (κ3) is 4.53. The van der Waals surface area contributed by atoms with Crippen LogP contribution in [-0.4, -0.2) is 38.1 Å². The molecule has 1 heterocycles. The van der Waals surface area contributed by atoms with Gasteiger partial charge in [-0.3, -0.25) is 9.69 Å². The second kappa shape index (κ2) is 9.73. The Kier molecular flexibility index (Phi) is 7.09. The molecule has 0 saturated heterocycles. The van der Waals surface area contributed by atoms with Crippen molar-refractivity contribution in [1.29, 1.82) is 0 Å². The van der Waals surface area contributed by atoms with Crippen molar-refractivity contribution in [3.63, 3.8) is 0 Å². The maximum Gasteiger partial charge on any atom is 0.261 e. The molecule has 1 amide bonds. The Morgan fingerprint density at radius 2 is 1.76 bits per heavy atom. The third-order valence-corrected chi connectivity index (χ3v) is 4.99. The first kappa shape index (κ1) is 21.1. The molecule has 0 fully saturated rings. The number of anilines is 1. The quantitative estimate of drug-likeness (QED) is 0.470. The minimum atomic E-state index is -0.660. The van der Waals surface area contributed by atoms with E-state index in [9.17, 15) is 4.79 Å². The number of hydrogen-bond acceptors (Lipinski definition) is 6. The number of aliphatic hydroxyl groups excluding tert-OH is 1. The molecule has 0 radical (unpaired) electrons. The van der Waals surface area contributed by atoms with Crippen LogP contribution in [0.4, 0.5) is 5.69 Å². The van der Waals surface area contributed by atoms with Crippen molar-refractivity contribution in [2.75, 3.05) is 25.7 Å². The second-order valence-corrected chi connectivity index (χ2v) is 6.90. The number of fused-ring (bicyclic) bond motifs is 1. The molecule has 2 aromatic carbocycles. The van der Waals surface area contributed by atoms with Crippen LogP contribution in [0.5, 0.6) is 11.5 Å². The van der Waals surface area contributed by atoms with Crippen molar-refractivity contribution >= 4 is 11.6 Å². The van der Waals surface area contributed by atoms with E-state index in [0.717, 1.165) is 24.9 Å². The van der Waals surface area contributed by atoms with Gasteiger partial charge in [0.05, 0.1) is 19.8 Å². The molecule has 0 aromatic heterocycles. The third-order valence-electron chi connectivity index (χ3n) is 4.99. The molecule has 7 heteroatoms. The van der Waals surface area contributed by atoms with Gasteiger partial charge in [-0.1, -0.05) is 24.6 Å². The first-order valence-electron chi connectivity index (χ1n) is 9.77. The second-order valence-electron chi connectivity index (χ2n) is 6.90. The topological polar surface area (TPSA) is 94.2 Å². The number of ether oxygens (including phenoxy) is 3. The van der Waals surface area contributed by atoms with Gasteiger partial charge in [0.1, 0.15) is 6.23 Å². The van der Waals surface area contributed by atoms with Crippen LogP contribution in [-0.2, 0) is 4.74 Å². The number of aliphatic hydroxyl groups is 1. The molecular formula is C22H28N2O5. The number of methoxy groups -OCH3 is 2. The first-order chi connectivity index (χ1) is 14.1. The predicted octanol–water partition coefficient (Wildman–Crippen LogP) is 3.22. The number of unbranched alkanes of at least 4 members (excludes halogenated alkanes) is 2. The highest BCUT2D eigenvalue weighted by molar-refractivity contribution is 6.11. The lowest BCUT2D eigenvalue weighted by atomic mass is 10.1. The Labute approximate surface area is 171 Å². The zero-order valence-electron chi connectivity index (χ0n) is 16.8. The van der Waals surface area contributed by atoms with Gasteiger partial charge >= 0.3 is 0 Å². The summed E-state index contributed by atoms with van der Waals surface area (Å²) in [6.07, 6.45) is 1.89. The van der Waals surface area contributed by atoms with Crippen LogP contribution in [0.2, 0.25) is 0 Å². The van der Waals surface area contributed by atoms with Crippen LogP contribution in [0, 0.1) is 0 Å². The number of para-hydroxylation sites is 1. The number of rotatable bonds is 10. The summed E-state index contributed by atoms with van der Waals surface area (Å²) >= 11 is 0. The van der Waals surface area contributed by atoms with E-state index < -0.39 is 12.5 Å². The van der Waals surface area contributed by atoms with Crippen molar-refractivity contribution in [3.8, 4) is 11.5 Å². The smallest absolute Gasteiger partial charge is 0.261 e. The number of carbonyl (C=O) groups is 1. The van der Waals surface area contributed by atoms with E-state index in [-0.39, 0.29) is 12.5 Å². The minimum absolute atomic E-state index is 0.171. The van der Waals surface area contributed by atoms with E-state index in [1.807, 2.05) is 30.3 Å². The van der Waals surface area contributed by atoms with Gasteiger partial charge in [0.25, 0.3) is 5.91 Å². The Morgan fingerprint density at radius 1 is 1.07 bits per heavy atom. The number of nitrogens with two attached hydrogens (primary N) is 1. The molecule has 0 spiro atoms. The van der Waals surface area contributed by atoms with Crippen LogP contribution >= 0.6 is 0 Å². The summed E-state index contributed by atoms with van der Waals surface area (Å²) in [7, 11) is 3.09. The van der Waals surface area contributed by atoms with Crippen LogP contribution in [0.3, 0.4) is 0 Å². The lowest BCUT2D eigenvalue weighted by Crippen LogP contribution is -2.35. The van der Waals surface area contributed by atoms with Crippen molar-refractivity contribution < 1.29 is 24.1 Å². The van der Waals surface area contributed by atoms with E-state index in [0.29, 0.717) is 29.0 Å². The van der Waals surface area contributed by atoms with Crippen molar-refractivity contribution in [1.82, 2.24) is 0 Å². The molecule has 2 aromatic rings. The molecular weight excluding hydrogens is 372 g/mol. The van der Waals surface area contributed by atoms with Crippen LogP contribution in [0.1, 0.15) is 47.8 Å². The summed E-state index contributed by atoms with van der Waals surface area (Å²) in [5, 5.41) is 8.92. The van der Waals surface area contributed by atoms with Crippen LogP contribution in [0.25, 0.3) is 0 Å². The van der Waals surface area contributed by atoms with Gasteiger partial charge in [0.2, 0.25) is 0 Å². The number of benzene rings is 2. The maximum atomic E-state index is 13.2. The molecule has 2 atom stereocenters. The van der Waals surface area contributed by atoms with Crippen molar-refractivity contribution in [3.05, 3.63) is 53.6 Å². The fourth-order valence-corrected chi connectivity index (χ4v) is 3.50. The average Bonchev–Trinajstić information content (AvgIpc) is 3.01. The maximum absolute atomic E-state index is 13.2. The van der Waals surface area contributed by atoms with Gasteiger partial charge in [-0.15, -0.1) is 0 Å². The highest BCUT2D eigenvalue weighted by Gasteiger charge is 2.40. The molecule has 0 saturated carbocycles. The van der Waals surface area contributed by atoms with Gasteiger partial charge in [-0.2, -0.15) is 0 Å². The largest absolute Gasteiger partial charge is 0.493 e.